The second-order valence-electron chi connectivity index (χ2n) is 5.25. The van der Waals surface area contributed by atoms with E-state index >= 15 is 0 Å². The number of hydrogen-bond donors (Lipinski definition) is 0. The molecule has 0 unspecified atom stereocenters. The summed E-state index contributed by atoms with van der Waals surface area (Å²) in [6, 6.07) is 3.27. The molecule has 0 bridgehead atoms. The van der Waals surface area contributed by atoms with E-state index < -0.39 is 11.1 Å². The monoisotopic (exact) mass is 292 g/mol. The summed E-state index contributed by atoms with van der Waals surface area (Å²) in [4.78, 5) is 24.2. The molecule has 0 aromatic carbocycles. The molecule has 0 saturated heterocycles. The molecular weight excluding hydrogens is 280 g/mol. The predicted octanol–water partition coefficient (Wildman–Crippen LogP) is 1.01. The van der Waals surface area contributed by atoms with E-state index in [2.05, 4.69) is 10.2 Å². The molecule has 0 N–H and O–H groups in total. The molecule has 0 atom stereocenters. The first-order valence-electron chi connectivity index (χ1n) is 6.30. The maximum Gasteiger partial charge on any atom is 0.316 e. The molecule has 6 nitrogen and oxygen atoms in total. The predicted molar refractivity (Wildman–Crippen MR) is 74.0 cm³/mol. The summed E-state index contributed by atoms with van der Waals surface area (Å²) >= 11 is 5.65. The Morgan fingerprint density at radius 1 is 1.20 bits per heavy atom. The van der Waals surface area contributed by atoms with Crippen molar-refractivity contribution in [2.24, 2.45) is 0 Å². The second-order valence-corrected chi connectivity index (χ2v) is 5.64. The van der Waals surface area contributed by atoms with Crippen LogP contribution in [0.5, 0.6) is 0 Å². The van der Waals surface area contributed by atoms with Crippen molar-refractivity contribution < 1.29 is 0 Å². The van der Waals surface area contributed by atoms with E-state index in [4.69, 9.17) is 11.6 Å². The molecule has 20 heavy (non-hydrogen) atoms. The summed E-state index contributed by atoms with van der Waals surface area (Å²) in [5, 5.41) is 7.88. The highest BCUT2D eigenvalue weighted by atomic mass is 35.5. The highest BCUT2D eigenvalue weighted by molar-refractivity contribution is 6.29. The van der Waals surface area contributed by atoms with Crippen LogP contribution in [0.4, 0.5) is 0 Å². The standard InChI is InChI=1S/C13H13ClN4O2/c1-13(4-5-13)18-7-6-17(11(19)12(18)20)8-9-2-3-10(14)16-15-9/h2-3,6-7H,4-5,8H2,1H3. The number of hydrogen-bond acceptors (Lipinski definition) is 4. The van der Waals surface area contributed by atoms with Crippen molar-refractivity contribution in [3.8, 4) is 0 Å². The Balaban J connectivity index is 1.95. The highest BCUT2D eigenvalue weighted by Gasteiger charge is 2.40. The van der Waals surface area contributed by atoms with Crippen LogP contribution in [0, 0.1) is 0 Å². The summed E-state index contributed by atoms with van der Waals surface area (Å²) in [6.45, 7) is 2.18. The Bertz CT molecular complexity index is 759. The van der Waals surface area contributed by atoms with Gasteiger partial charge in [-0.15, -0.1) is 5.10 Å². The van der Waals surface area contributed by atoms with Crippen molar-refractivity contribution in [2.75, 3.05) is 0 Å². The van der Waals surface area contributed by atoms with Crippen molar-refractivity contribution in [3.05, 3.63) is 56.1 Å². The Morgan fingerprint density at radius 3 is 2.55 bits per heavy atom. The summed E-state index contributed by atoms with van der Waals surface area (Å²) in [5.41, 5.74) is -0.645. The van der Waals surface area contributed by atoms with Gasteiger partial charge in [-0.2, -0.15) is 5.10 Å². The van der Waals surface area contributed by atoms with Gasteiger partial charge in [-0.3, -0.25) is 9.59 Å². The van der Waals surface area contributed by atoms with Gasteiger partial charge in [0.05, 0.1) is 12.2 Å². The van der Waals surface area contributed by atoms with Gasteiger partial charge in [0.15, 0.2) is 5.15 Å². The maximum absolute atomic E-state index is 12.1. The molecule has 0 aliphatic heterocycles. The summed E-state index contributed by atoms with van der Waals surface area (Å²) in [7, 11) is 0. The van der Waals surface area contributed by atoms with Gasteiger partial charge in [0.2, 0.25) is 0 Å². The molecule has 0 radical (unpaired) electrons. The second kappa shape index (κ2) is 4.56. The normalized spacial score (nSPS) is 16.1. The zero-order valence-corrected chi connectivity index (χ0v) is 11.7. The Kier molecular flexibility index (Phi) is 2.97. The first kappa shape index (κ1) is 13.1. The lowest BCUT2D eigenvalue weighted by atomic mass is 10.3. The Morgan fingerprint density at radius 2 is 1.95 bits per heavy atom. The van der Waals surface area contributed by atoms with Gasteiger partial charge in [-0.05, 0) is 31.9 Å². The SMILES string of the molecule is CC1(n2ccn(Cc3ccc(Cl)nn3)c(=O)c2=O)CC1. The van der Waals surface area contributed by atoms with E-state index in [9.17, 15) is 9.59 Å². The third-order valence-electron chi connectivity index (χ3n) is 3.63. The number of halogens is 1. The third kappa shape index (κ3) is 2.27. The van der Waals surface area contributed by atoms with Crippen molar-refractivity contribution in [2.45, 2.75) is 31.8 Å². The van der Waals surface area contributed by atoms with E-state index in [1.165, 1.54) is 9.13 Å². The Labute approximate surface area is 119 Å². The van der Waals surface area contributed by atoms with Crippen LogP contribution >= 0.6 is 11.6 Å². The summed E-state index contributed by atoms with van der Waals surface area (Å²) in [5.74, 6) is 0. The third-order valence-corrected chi connectivity index (χ3v) is 3.83. The fourth-order valence-corrected chi connectivity index (χ4v) is 2.18. The fraction of sp³-hybridized carbons (Fsp3) is 0.385. The molecule has 1 aliphatic rings. The number of aromatic nitrogens is 4. The maximum atomic E-state index is 12.1. The number of nitrogens with zero attached hydrogens (tertiary/aromatic N) is 4. The van der Waals surface area contributed by atoms with Crippen LogP contribution in [0.1, 0.15) is 25.5 Å². The first-order valence-corrected chi connectivity index (χ1v) is 6.68. The van der Waals surface area contributed by atoms with E-state index in [0.717, 1.165) is 12.8 Å². The smallest absolute Gasteiger partial charge is 0.304 e. The van der Waals surface area contributed by atoms with Gasteiger partial charge < -0.3 is 9.13 Å². The van der Waals surface area contributed by atoms with Gasteiger partial charge in [0.1, 0.15) is 0 Å². The van der Waals surface area contributed by atoms with Crippen LogP contribution < -0.4 is 11.1 Å². The molecule has 2 aromatic rings. The minimum absolute atomic E-state index is 0.185. The lowest BCUT2D eigenvalue weighted by Crippen LogP contribution is -2.43. The molecule has 2 aromatic heterocycles. The molecule has 1 fully saturated rings. The molecule has 2 heterocycles. The number of rotatable bonds is 3. The molecular formula is C13H13ClN4O2. The first-order chi connectivity index (χ1) is 9.49. The van der Waals surface area contributed by atoms with Gasteiger partial charge in [0.25, 0.3) is 0 Å². The molecule has 0 amide bonds. The largest absolute Gasteiger partial charge is 0.316 e. The fourth-order valence-electron chi connectivity index (χ4n) is 2.08. The van der Waals surface area contributed by atoms with Crippen LogP contribution in [-0.4, -0.2) is 19.3 Å². The van der Waals surface area contributed by atoms with E-state index in [1.54, 1.807) is 24.5 Å². The molecule has 0 spiro atoms. The minimum Gasteiger partial charge on any atom is -0.304 e. The molecule has 104 valence electrons. The van der Waals surface area contributed by atoms with E-state index in [1.807, 2.05) is 6.92 Å². The molecule has 1 aliphatic carbocycles. The van der Waals surface area contributed by atoms with Crippen LogP contribution in [-0.2, 0) is 12.1 Å². The van der Waals surface area contributed by atoms with Crippen LogP contribution in [0.3, 0.4) is 0 Å². The quantitative estimate of drug-likeness (QED) is 0.792. The van der Waals surface area contributed by atoms with Crippen molar-refractivity contribution >= 4 is 11.6 Å². The van der Waals surface area contributed by atoms with Gasteiger partial charge in [-0.25, -0.2) is 0 Å². The Hall–Kier alpha value is -1.95. The van der Waals surface area contributed by atoms with Crippen LogP contribution in [0.15, 0.2) is 34.1 Å². The molecule has 7 heteroatoms. The zero-order chi connectivity index (χ0) is 14.3. The average molecular weight is 293 g/mol. The summed E-state index contributed by atoms with van der Waals surface area (Å²) < 4.78 is 2.86. The van der Waals surface area contributed by atoms with Crippen molar-refractivity contribution in [1.29, 1.82) is 0 Å². The highest BCUT2D eigenvalue weighted by Crippen LogP contribution is 2.41. The van der Waals surface area contributed by atoms with Crippen LogP contribution in [0.25, 0.3) is 0 Å². The summed E-state index contributed by atoms with van der Waals surface area (Å²) in [6.07, 6.45) is 5.14. The van der Waals surface area contributed by atoms with E-state index in [-0.39, 0.29) is 17.2 Å². The average Bonchev–Trinajstić information content (AvgIpc) is 3.16. The van der Waals surface area contributed by atoms with Crippen LogP contribution in [0.2, 0.25) is 5.15 Å². The van der Waals surface area contributed by atoms with Crippen molar-refractivity contribution in [1.82, 2.24) is 19.3 Å². The van der Waals surface area contributed by atoms with E-state index in [0.29, 0.717) is 5.69 Å². The molecule has 3 rings (SSSR count). The van der Waals surface area contributed by atoms with Gasteiger partial charge in [-0.1, -0.05) is 11.6 Å². The lowest BCUT2D eigenvalue weighted by Gasteiger charge is -2.13. The van der Waals surface area contributed by atoms with Gasteiger partial charge in [0, 0.05) is 17.9 Å². The lowest BCUT2D eigenvalue weighted by molar-refractivity contribution is 0.495. The van der Waals surface area contributed by atoms with Gasteiger partial charge >= 0.3 is 11.1 Å². The molecule has 1 saturated carbocycles. The topological polar surface area (TPSA) is 69.8 Å². The zero-order valence-electron chi connectivity index (χ0n) is 10.9. The minimum atomic E-state index is -0.544. The van der Waals surface area contributed by atoms with Crippen molar-refractivity contribution in [3.63, 3.8) is 0 Å².